The lowest BCUT2D eigenvalue weighted by atomic mass is 9.80. The van der Waals surface area contributed by atoms with Crippen LogP contribution in [0.2, 0.25) is 0 Å². The zero-order valence-electron chi connectivity index (χ0n) is 11.5. The first-order valence-electron chi connectivity index (χ1n) is 6.87. The zero-order chi connectivity index (χ0) is 14.5. The summed E-state index contributed by atoms with van der Waals surface area (Å²) in [5.74, 6) is 0. The molecule has 3 rings (SSSR count). The summed E-state index contributed by atoms with van der Waals surface area (Å²) in [6.45, 7) is 0. The Hall–Kier alpha value is -2.42. The highest BCUT2D eigenvalue weighted by Crippen LogP contribution is 2.39. The predicted molar refractivity (Wildman–Crippen MR) is 82.9 cm³/mol. The smallest absolute Gasteiger partial charge is 0.178 e. The summed E-state index contributed by atoms with van der Waals surface area (Å²) in [5, 5.41) is 9.84. The van der Waals surface area contributed by atoms with Gasteiger partial charge in [-0.2, -0.15) is 0 Å². The van der Waals surface area contributed by atoms with Gasteiger partial charge in [0.25, 0.3) is 0 Å². The van der Waals surface area contributed by atoms with Crippen LogP contribution in [0.1, 0.15) is 16.7 Å². The van der Waals surface area contributed by atoms with Crippen LogP contribution in [0.25, 0.3) is 0 Å². The van der Waals surface area contributed by atoms with Crippen molar-refractivity contribution in [2.24, 2.45) is 0 Å². The topological polar surface area (TPSA) is 29.5 Å². The average molecular weight is 276 g/mol. The lowest BCUT2D eigenvalue weighted by Crippen LogP contribution is -2.31. The SMILES string of the molecule is OOC(c1ccccc1)(c1ccccc1)c1ccccc1. The summed E-state index contributed by atoms with van der Waals surface area (Å²) in [5.41, 5.74) is 1.61. The van der Waals surface area contributed by atoms with Crippen molar-refractivity contribution in [2.75, 3.05) is 0 Å². The number of hydrogen-bond acceptors (Lipinski definition) is 2. The minimum Gasteiger partial charge on any atom is -0.250 e. The van der Waals surface area contributed by atoms with Gasteiger partial charge in [-0.3, -0.25) is 5.26 Å². The molecule has 0 saturated heterocycles. The fourth-order valence-corrected chi connectivity index (χ4v) is 2.68. The lowest BCUT2D eigenvalue weighted by Gasteiger charge is -2.32. The maximum absolute atomic E-state index is 9.84. The molecule has 0 unspecified atom stereocenters. The summed E-state index contributed by atoms with van der Waals surface area (Å²) in [6.07, 6.45) is 0. The first kappa shape index (κ1) is 13.6. The van der Waals surface area contributed by atoms with E-state index in [9.17, 15) is 5.26 Å². The summed E-state index contributed by atoms with van der Waals surface area (Å²) < 4.78 is 0. The Labute approximate surface area is 124 Å². The van der Waals surface area contributed by atoms with Crippen molar-refractivity contribution >= 4 is 0 Å². The maximum atomic E-state index is 9.84. The van der Waals surface area contributed by atoms with E-state index >= 15 is 0 Å². The van der Waals surface area contributed by atoms with E-state index in [1.54, 1.807) is 0 Å². The Morgan fingerprint density at radius 1 is 0.524 bits per heavy atom. The van der Waals surface area contributed by atoms with E-state index in [-0.39, 0.29) is 0 Å². The fourth-order valence-electron chi connectivity index (χ4n) is 2.68. The molecule has 0 aliphatic heterocycles. The van der Waals surface area contributed by atoms with E-state index in [2.05, 4.69) is 0 Å². The van der Waals surface area contributed by atoms with Crippen molar-refractivity contribution in [1.29, 1.82) is 0 Å². The van der Waals surface area contributed by atoms with E-state index in [1.807, 2.05) is 91.0 Å². The second kappa shape index (κ2) is 5.92. The quantitative estimate of drug-likeness (QED) is 0.433. The third kappa shape index (κ3) is 2.35. The zero-order valence-corrected chi connectivity index (χ0v) is 11.5. The lowest BCUT2D eigenvalue weighted by molar-refractivity contribution is -0.302. The Balaban J connectivity index is 2.29. The Morgan fingerprint density at radius 2 is 0.810 bits per heavy atom. The van der Waals surface area contributed by atoms with Gasteiger partial charge in [-0.15, -0.1) is 0 Å². The summed E-state index contributed by atoms with van der Waals surface area (Å²) in [6, 6.07) is 29.2. The van der Waals surface area contributed by atoms with Crippen molar-refractivity contribution in [3.05, 3.63) is 108 Å². The van der Waals surface area contributed by atoms with Gasteiger partial charge in [0.1, 0.15) is 0 Å². The highest BCUT2D eigenvalue weighted by Gasteiger charge is 2.38. The number of benzene rings is 3. The molecule has 1 N–H and O–H groups in total. The van der Waals surface area contributed by atoms with Gasteiger partial charge in [0.2, 0.25) is 0 Å². The highest BCUT2D eigenvalue weighted by atomic mass is 17.1. The third-order valence-electron chi connectivity index (χ3n) is 3.68. The molecule has 0 aliphatic rings. The van der Waals surface area contributed by atoms with Gasteiger partial charge in [0.05, 0.1) is 0 Å². The van der Waals surface area contributed by atoms with Gasteiger partial charge in [0.15, 0.2) is 5.60 Å². The van der Waals surface area contributed by atoms with Crippen LogP contribution < -0.4 is 0 Å². The number of hydrogen-bond donors (Lipinski definition) is 1. The maximum Gasteiger partial charge on any atom is 0.178 e. The van der Waals surface area contributed by atoms with Gasteiger partial charge in [0, 0.05) is 0 Å². The molecule has 0 radical (unpaired) electrons. The normalized spacial score (nSPS) is 11.3. The molecule has 0 atom stereocenters. The van der Waals surface area contributed by atoms with Crippen LogP contribution in [0.3, 0.4) is 0 Å². The van der Waals surface area contributed by atoms with E-state index in [0.717, 1.165) is 16.7 Å². The van der Waals surface area contributed by atoms with Crippen LogP contribution in [0.15, 0.2) is 91.0 Å². The van der Waals surface area contributed by atoms with Crippen LogP contribution in [0.5, 0.6) is 0 Å². The molecule has 0 heterocycles. The largest absolute Gasteiger partial charge is 0.250 e. The van der Waals surface area contributed by atoms with Crippen molar-refractivity contribution < 1.29 is 10.1 Å². The molecule has 0 bridgehead atoms. The van der Waals surface area contributed by atoms with Crippen molar-refractivity contribution in [2.45, 2.75) is 5.60 Å². The molecule has 0 spiro atoms. The van der Waals surface area contributed by atoms with E-state index in [1.165, 1.54) is 0 Å². The molecular weight excluding hydrogens is 260 g/mol. The van der Waals surface area contributed by atoms with Crippen LogP contribution in [-0.4, -0.2) is 5.26 Å². The number of rotatable bonds is 4. The molecule has 0 saturated carbocycles. The molecule has 21 heavy (non-hydrogen) atoms. The molecule has 3 aromatic rings. The highest BCUT2D eigenvalue weighted by molar-refractivity contribution is 5.47. The van der Waals surface area contributed by atoms with Gasteiger partial charge < -0.3 is 0 Å². The standard InChI is InChI=1S/C19H16O2/c20-21-19(16-10-4-1-5-11-16,17-12-6-2-7-13-17)18-14-8-3-9-15-18/h1-15,20H. The molecule has 0 amide bonds. The fraction of sp³-hybridized carbons (Fsp3) is 0.0526. The first-order chi connectivity index (χ1) is 10.4. The summed E-state index contributed by atoms with van der Waals surface area (Å²) in [7, 11) is 0. The monoisotopic (exact) mass is 276 g/mol. The minimum atomic E-state index is -1.02. The Bertz CT molecular complexity index is 582. The average Bonchev–Trinajstić information content (AvgIpc) is 2.59. The molecule has 2 nitrogen and oxygen atoms in total. The van der Waals surface area contributed by atoms with Gasteiger partial charge >= 0.3 is 0 Å². The Morgan fingerprint density at radius 3 is 1.05 bits per heavy atom. The first-order valence-corrected chi connectivity index (χ1v) is 6.87. The van der Waals surface area contributed by atoms with Crippen LogP contribution in [0.4, 0.5) is 0 Å². The third-order valence-corrected chi connectivity index (χ3v) is 3.68. The molecule has 104 valence electrons. The van der Waals surface area contributed by atoms with Gasteiger partial charge in [-0.25, -0.2) is 4.89 Å². The predicted octanol–water partition coefficient (Wildman–Crippen LogP) is 4.47. The van der Waals surface area contributed by atoms with Crippen molar-refractivity contribution in [3.63, 3.8) is 0 Å². The summed E-state index contributed by atoms with van der Waals surface area (Å²) in [4.78, 5) is 5.10. The second-order valence-corrected chi connectivity index (χ2v) is 4.87. The van der Waals surface area contributed by atoms with E-state index < -0.39 is 5.60 Å². The summed E-state index contributed by atoms with van der Waals surface area (Å²) >= 11 is 0. The molecule has 0 aromatic heterocycles. The Kier molecular flexibility index (Phi) is 3.82. The minimum absolute atomic E-state index is 0.880. The molecule has 3 aromatic carbocycles. The van der Waals surface area contributed by atoms with Gasteiger partial charge in [-0.1, -0.05) is 91.0 Å². The van der Waals surface area contributed by atoms with Crippen molar-refractivity contribution in [1.82, 2.24) is 0 Å². The molecule has 2 heteroatoms. The van der Waals surface area contributed by atoms with Crippen LogP contribution >= 0.6 is 0 Å². The van der Waals surface area contributed by atoms with Crippen LogP contribution in [0, 0.1) is 0 Å². The second-order valence-electron chi connectivity index (χ2n) is 4.87. The molecule has 0 aliphatic carbocycles. The molecular formula is C19H16O2. The van der Waals surface area contributed by atoms with Gasteiger partial charge in [-0.05, 0) is 16.7 Å². The van der Waals surface area contributed by atoms with E-state index in [4.69, 9.17) is 4.89 Å². The van der Waals surface area contributed by atoms with Crippen LogP contribution in [-0.2, 0) is 10.5 Å². The molecule has 0 fully saturated rings. The van der Waals surface area contributed by atoms with E-state index in [0.29, 0.717) is 0 Å². The van der Waals surface area contributed by atoms with Crippen molar-refractivity contribution in [3.8, 4) is 0 Å².